The maximum Gasteiger partial charge on any atom is 0.573 e. The number of pyridine rings is 1. The summed E-state index contributed by atoms with van der Waals surface area (Å²) >= 11 is 0. The minimum absolute atomic E-state index is 0.125. The Balaban J connectivity index is 1.75. The van der Waals surface area contributed by atoms with E-state index in [0.717, 1.165) is 27.6 Å². The lowest BCUT2D eigenvalue weighted by atomic mass is 10.1. The number of hydrogen-bond donors (Lipinski definition) is 1. The molecule has 4 rings (SSSR count). The van der Waals surface area contributed by atoms with Crippen LogP contribution in [0.15, 0.2) is 59.4 Å². The van der Waals surface area contributed by atoms with E-state index in [0.29, 0.717) is 17.1 Å². The Morgan fingerprint density at radius 3 is 2.44 bits per heavy atom. The van der Waals surface area contributed by atoms with Crippen LogP contribution in [0.5, 0.6) is 17.5 Å². The highest BCUT2D eigenvalue weighted by Gasteiger charge is 2.31. The summed E-state index contributed by atoms with van der Waals surface area (Å²) in [5.41, 5.74) is 1.39. The number of aromatic nitrogens is 3. The average molecular weight is 445 g/mol. The molecular weight excluding hydrogens is 427 g/mol. The number of aromatic hydroxyl groups is 1. The van der Waals surface area contributed by atoms with Gasteiger partial charge in [-0.25, -0.2) is 14.3 Å². The van der Waals surface area contributed by atoms with Gasteiger partial charge in [0.15, 0.2) is 0 Å². The molecule has 0 radical (unpaired) electrons. The first kappa shape index (κ1) is 21.3. The van der Waals surface area contributed by atoms with Crippen LogP contribution < -0.4 is 15.2 Å². The van der Waals surface area contributed by atoms with Crippen LogP contribution in [0.3, 0.4) is 0 Å². The minimum Gasteiger partial charge on any atom is -0.493 e. The Kier molecular flexibility index (Phi) is 5.29. The van der Waals surface area contributed by atoms with E-state index in [2.05, 4.69) is 9.72 Å². The van der Waals surface area contributed by atoms with E-state index in [-0.39, 0.29) is 18.1 Å². The van der Waals surface area contributed by atoms with Crippen LogP contribution in [0.4, 0.5) is 13.2 Å². The second-order valence-corrected chi connectivity index (χ2v) is 7.00. The maximum atomic E-state index is 13.1. The van der Waals surface area contributed by atoms with Gasteiger partial charge in [0.05, 0.1) is 30.6 Å². The highest BCUT2D eigenvalue weighted by Crippen LogP contribution is 2.27. The largest absolute Gasteiger partial charge is 0.573 e. The van der Waals surface area contributed by atoms with Gasteiger partial charge in [-0.1, -0.05) is 18.2 Å². The Labute approximate surface area is 179 Å². The number of para-hydroxylation sites is 1. The first-order valence-corrected chi connectivity index (χ1v) is 9.48. The van der Waals surface area contributed by atoms with Gasteiger partial charge in [0, 0.05) is 11.5 Å². The molecule has 0 atom stereocenters. The van der Waals surface area contributed by atoms with Crippen molar-refractivity contribution in [3.8, 4) is 23.2 Å². The molecule has 32 heavy (non-hydrogen) atoms. The zero-order valence-corrected chi connectivity index (χ0v) is 17.1. The average Bonchev–Trinajstić information content (AvgIpc) is 2.96. The molecule has 0 aliphatic carbocycles. The lowest BCUT2D eigenvalue weighted by Crippen LogP contribution is -2.24. The van der Waals surface area contributed by atoms with Gasteiger partial charge in [-0.05, 0) is 42.8 Å². The maximum absolute atomic E-state index is 13.1. The summed E-state index contributed by atoms with van der Waals surface area (Å²) in [5.74, 6) is -0.363. The normalized spacial score (nSPS) is 11.7. The first-order valence-electron chi connectivity index (χ1n) is 9.48. The van der Waals surface area contributed by atoms with Crippen molar-refractivity contribution in [1.82, 2.24) is 14.1 Å². The third-order valence-corrected chi connectivity index (χ3v) is 5.01. The number of fused-ring (bicyclic) bond motifs is 1. The van der Waals surface area contributed by atoms with Gasteiger partial charge in [0.1, 0.15) is 5.75 Å². The second kappa shape index (κ2) is 7.95. The fourth-order valence-electron chi connectivity index (χ4n) is 3.48. The number of rotatable bonds is 5. The van der Waals surface area contributed by atoms with E-state index < -0.39 is 17.8 Å². The van der Waals surface area contributed by atoms with E-state index >= 15 is 0 Å². The predicted octanol–water partition coefficient (Wildman–Crippen LogP) is 4.16. The zero-order valence-electron chi connectivity index (χ0n) is 17.1. The number of ether oxygens (including phenoxy) is 2. The molecule has 0 spiro atoms. The quantitative estimate of drug-likeness (QED) is 0.499. The lowest BCUT2D eigenvalue weighted by molar-refractivity contribution is -0.274. The molecule has 0 unspecified atom stereocenters. The molecule has 0 saturated carbocycles. The molecule has 0 bridgehead atoms. The first-order chi connectivity index (χ1) is 15.2. The molecule has 0 amide bonds. The fraction of sp³-hybridized carbons (Fsp3) is 0.182. The van der Waals surface area contributed by atoms with Crippen LogP contribution in [0.25, 0.3) is 16.6 Å². The number of alkyl halides is 3. The summed E-state index contributed by atoms with van der Waals surface area (Å²) in [6, 6.07) is 13.8. The van der Waals surface area contributed by atoms with Crippen LogP contribution in [-0.2, 0) is 6.54 Å². The third kappa shape index (κ3) is 3.98. The molecule has 4 aromatic rings. The van der Waals surface area contributed by atoms with E-state index in [1.165, 1.54) is 23.8 Å². The number of nitrogens with zero attached hydrogens (tertiary/aromatic N) is 3. The molecule has 0 saturated heterocycles. The van der Waals surface area contributed by atoms with Crippen LogP contribution in [0, 0.1) is 6.92 Å². The summed E-state index contributed by atoms with van der Waals surface area (Å²) < 4.78 is 48.7. The Hall–Kier alpha value is -3.95. The molecule has 2 heterocycles. The molecule has 166 valence electrons. The monoisotopic (exact) mass is 445 g/mol. The van der Waals surface area contributed by atoms with E-state index in [4.69, 9.17) is 4.74 Å². The molecule has 0 fully saturated rings. The third-order valence-electron chi connectivity index (χ3n) is 5.01. The molecule has 10 heteroatoms. The lowest BCUT2D eigenvalue weighted by Gasteiger charge is -2.10. The van der Waals surface area contributed by atoms with E-state index in [1.54, 1.807) is 13.0 Å². The Bertz CT molecular complexity index is 1340. The summed E-state index contributed by atoms with van der Waals surface area (Å²) in [4.78, 5) is 17.5. The second-order valence-electron chi connectivity index (χ2n) is 7.00. The van der Waals surface area contributed by atoms with Gasteiger partial charge >= 0.3 is 12.1 Å². The van der Waals surface area contributed by atoms with Crippen LogP contribution in [-0.4, -0.2) is 32.7 Å². The van der Waals surface area contributed by atoms with Gasteiger partial charge in [0.2, 0.25) is 11.8 Å². The SMILES string of the molecule is COc1cc(Cn2c(C)c(O)n(-c3ccc(OC(F)(F)F)cc3)c2=O)c2ccccc2n1. The van der Waals surface area contributed by atoms with Crippen LogP contribution in [0.1, 0.15) is 11.3 Å². The molecule has 1 N–H and O–H groups in total. The number of methoxy groups -OCH3 is 1. The smallest absolute Gasteiger partial charge is 0.493 e. The number of imidazole rings is 1. The molecule has 7 nitrogen and oxygen atoms in total. The van der Waals surface area contributed by atoms with Crippen LogP contribution in [0.2, 0.25) is 0 Å². The molecule has 2 aromatic carbocycles. The number of hydrogen-bond acceptors (Lipinski definition) is 5. The summed E-state index contributed by atoms with van der Waals surface area (Å²) in [6.45, 7) is 1.70. The van der Waals surface area contributed by atoms with Gasteiger partial charge in [-0.3, -0.25) is 4.57 Å². The van der Waals surface area contributed by atoms with Crippen molar-refractivity contribution in [2.75, 3.05) is 7.11 Å². The molecular formula is C22H18F3N3O4. The fourth-order valence-corrected chi connectivity index (χ4v) is 3.48. The molecule has 0 aliphatic heterocycles. The van der Waals surface area contributed by atoms with Crippen molar-refractivity contribution in [1.29, 1.82) is 0 Å². The zero-order chi connectivity index (χ0) is 23.0. The van der Waals surface area contributed by atoms with Gasteiger partial charge in [0.25, 0.3) is 0 Å². The van der Waals surface area contributed by atoms with E-state index in [1.807, 2.05) is 24.3 Å². The summed E-state index contributed by atoms with van der Waals surface area (Å²) in [6.07, 6.45) is -4.82. The van der Waals surface area contributed by atoms with Crippen molar-refractivity contribution in [3.63, 3.8) is 0 Å². The van der Waals surface area contributed by atoms with E-state index in [9.17, 15) is 23.1 Å². The van der Waals surface area contributed by atoms with Crippen LogP contribution >= 0.6 is 0 Å². The van der Waals surface area contributed by atoms with Gasteiger partial charge in [-0.15, -0.1) is 13.2 Å². The predicted molar refractivity (Wildman–Crippen MR) is 111 cm³/mol. The highest BCUT2D eigenvalue weighted by molar-refractivity contribution is 5.82. The number of halogens is 3. The number of benzene rings is 2. The Morgan fingerprint density at radius 2 is 1.78 bits per heavy atom. The van der Waals surface area contributed by atoms with Crippen molar-refractivity contribution in [3.05, 3.63) is 76.3 Å². The van der Waals surface area contributed by atoms with Crippen molar-refractivity contribution in [2.24, 2.45) is 0 Å². The highest BCUT2D eigenvalue weighted by atomic mass is 19.4. The van der Waals surface area contributed by atoms with Gasteiger partial charge < -0.3 is 14.6 Å². The summed E-state index contributed by atoms with van der Waals surface area (Å²) in [5, 5.41) is 11.4. The van der Waals surface area contributed by atoms with Crippen molar-refractivity contribution in [2.45, 2.75) is 19.8 Å². The molecule has 2 aromatic heterocycles. The minimum atomic E-state index is -4.82. The molecule has 0 aliphatic rings. The summed E-state index contributed by atoms with van der Waals surface area (Å²) in [7, 11) is 1.49. The van der Waals surface area contributed by atoms with Crippen molar-refractivity contribution >= 4 is 10.9 Å². The Morgan fingerprint density at radius 1 is 1.09 bits per heavy atom. The standard InChI is InChI=1S/C22H18F3N3O4/c1-13-20(29)28(15-7-9-16(10-8-15)32-22(23,24)25)21(30)27(13)12-14-11-19(31-2)26-18-6-4-3-5-17(14)18/h3-11,29H,12H2,1-2H3. The van der Waals surface area contributed by atoms with Gasteiger partial charge in [-0.2, -0.15) is 0 Å². The topological polar surface area (TPSA) is 78.5 Å². The van der Waals surface area contributed by atoms with Crippen molar-refractivity contribution < 1.29 is 27.8 Å².